The summed E-state index contributed by atoms with van der Waals surface area (Å²) < 4.78 is 0.640. The number of nitrogens with zero attached hydrogens (tertiary/aromatic N) is 3. The van der Waals surface area contributed by atoms with E-state index in [0.29, 0.717) is 10.3 Å². The number of hydrogen-bond donors (Lipinski definition) is 1. The third-order valence-electron chi connectivity index (χ3n) is 1.42. The van der Waals surface area contributed by atoms with Gasteiger partial charge in [0.2, 0.25) is 0 Å². The monoisotopic (exact) mass is 242 g/mol. The van der Waals surface area contributed by atoms with E-state index in [9.17, 15) is 4.79 Å². The van der Waals surface area contributed by atoms with Crippen molar-refractivity contribution in [3.63, 3.8) is 0 Å². The standard InChI is InChI=1S/C7H7BrN4O/c1-12(3-2-9)7(13)5-4-6(8)11-10-5/h4H,3H2,1H3,(H,10,11). The molecule has 1 aromatic heterocycles. The number of amides is 1. The minimum absolute atomic E-state index is 0.0588. The van der Waals surface area contributed by atoms with E-state index in [0.717, 1.165) is 0 Å². The van der Waals surface area contributed by atoms with Crippen LogP contribution < -0.4 is 0 Å². The van der Waals surface area contributed by atoms with Gasteiger partial charge in [0.25, 0.3) is 5.91 Å². The maximum Gasteiger partial charge on any atom is 0.274 e. The fraction of sp³-hybridized carbons (Fsp3) is 0.286. The zero-order valence-electron chi connectivity index (χ0n) is 6.91. The molecule has 5 nitrogen and oxygen atoms in total. The van der Waals surface area contributed by atoms with Gasteiger partial charge >= 0.3 is 0 Å². The van der Waals surface area contributed by atoms with Gasteiger partial charge in [-0.3, -0.25) is 9.89 Å². The SMILES string of the molecule is CN(CC#N)C(=O)c1cc(Br)[nH]n1. The summed E-state index contributed by atoms with van der Waals surface area (Å²) in [5.41, 5.74) is 0.296. The van der Waals surface area contributed by atoms with Crippen LogP contribution in [0.1, 0.15) is 10.5 Å². The molecule has 13 heavy (non-hydrogen) atoms. The van der Waals surface area contributed by atoms with Crippen LogP contribution in [0.5, 0.6) is 0 Å². The minimum Gasteiger partial charge on any atom is -0.327 e. The van der Waals surface area contributed by atoms with Gasteiger partial charge in [0.1, 0.15) is 11.1 Å². The Morgan fingerprint density at radius 3 is 3.08 bits per heavy atom. The number of rotatable bonds is 2. The lowest BCUT2D eigenvalue weighted by Crippen LogP contribution is -2.27. The average Bonchev–Trinajstić information content (AvgIpc) is 2.51. The highest BCUT2D eigenvalue weighted by Gasteiger charge is 2.13. The molecule has 0 radical (unpaired) electrons. The van der Waals surface area contributed by atoms with Crippen LogP contribution in [-0.4, -0.2) is 34.6 Å². The molecule has 1 amide bonds. The second kappa shape index (κ2) is 4.05. The van der Waals surface area contributed by atoms with Gasteiger partial charge < -0.3 is 4.90 Å². The van der Waals surface area contributed by atoms with Crippen LogP contribution in [0.2, 0.25) is 0 Å². The van der Waals surface area contributed by atoms with Crippen molar-refractivity contribution >= 4 is 21.8 Å². The number of aromatic amines is 1. The summed E-state index contributed by atoms with van der Waals surface area (Å²) in [5.74, 6) is -0.275. The molecule has 0 aliphatic heterocycles. The third-order valence-corrected chi connectivity index (χ3v) is 1.83. The molecule has 0 fully saturated rings. The molecular weight excluding hydrogens is 236 g/mol. The van der Waals surface area contributed by atoms with Crippen LogP contribution >= 0.6 is 15.9 Å². The van der Waals surface area contributed by atoms with Crippen LogP contribution in [0.25, 0.3) is 0 Å². The van der Waals surface area contributed by atoms with Crippen molar-refractivity contribution in [2.75, 3.05) is 13.6 Å². The molecule has 1 heterocycles. The van der Waals surface area contributed by atoms with Gasteiger partial charge in [-0.25, -0.2) is 0 Å². The van der Waals surface area contributed by atoms with E-state index in [-0.39, 0.29) is 12.5 Å². The fourth-order valence-corrected chi connectivity index (χ4v) is 1.09. The number of aromatic nitrogens is 2. The number of nitriles is 1. The Hall–Kier alpha value is -1.35. The van der Waals surface area contributed by atoms with Crippen molar-refractivity contribution in [1.82, 2.24) is 15.1 Å². The Labute approximate surface area is 83.5 Å². The molecule has 0 aromatic carbocycles. The lowest BCUT2D eigenvalue weighted by atomic mass is 10.4. The van der Waals surface area contributed by atoms with Crippen molar-refractivity contribution in [2.24, 2.45) is 0 Å². The highest BCUT2D eigenvalue weighted by molar-refractivity contribution is 9.10. The molecule has 1 N–H and O–H groups in total. The molecule has 1 rings (SSSR count). The van der Waals surface area contributed by atoms with E-state index < -0.39 is 0 Å². The largest absolute Gasteiger partial charge is 0.327 e. The fourth-order valence-electron chi connectivity index (χ4n) is 0.781. The van der Waals surface area contributed by atoms with Gasteiger partial charge in [0.15, 0.2) is 5.69 Å². The van der Waals surface area contributed by atoms with Gasteiger partial charge in [-0.2, -0.15) is 10.4 Å². The highest BCUT2D eigenvalue weighted by Crippen LogP contribution is 2.08. The number of halogens is 1. The van der Waals surface area contributed by atoms with Gasteiger partial charge in [-0.05, 0) is 15.9 Å². The van der Waals surface area contributed by atoms with Crippen molar-refractivity contribution in [1.29, 1.82) is 5.26 Å². The molecule has 6 heteroatoms. The summed E-state index contributed by atoms with van der Waals surface area (Å²) in [7, 11) is 1.55. The summed E-state index contributed by atoms with van der Waals surface area (Å²) in [6.45, 7) is 0.0588. The van der Waals surface area contributed by atoms with E-state index in [4.69, 9.17) is 5.26 Å². The summed E-state index contributed by atoms with van der Waals surface area (Å²) in [5, 5.41) is 14.7. The first kappa shape index (κ1) is 9.74. The summed E-state index contributed by atoms with van der Waals surface area (Å²) in [6.07, 6.45) is 0. The molecule has 0 bridgehead atoms. The number of nitrogens with one attached hydrogen (secondary N) is 1. The van der Waals surface area contributed by atoms with Crippen molar-refractivity contribution in [3.05, 3.63) is 16.4 Å². The van der Waals surface area contributed by atoms with Gasteiger partial charge in [-0.15, -0.1) is 0 Å². The molecule has 0 atom stereocenters. The normalized spacial score (nSPS) is 9.31. The smallest absolute Gasteiger partial charge is 0.274 e. The molecule has 0 saturated carbocycles. The lowest BCUT2D eigenvalue weighted by Gasteiger charge is -2.09. The van der Waals surface area contributed by atoms with E-state index in [1.807, 2.05) is 6.07 Å². The summed E-state index contributed by atoms with van der Waals surface area (Å²) in [6, 6.07) is 3.45. The molecule has 1 aromatic rings. The maximum atomic E-state index is 11.4. The Morgan fingerprint density at radius 1 is 1.92 bits per heavy atom. The first-order chi connectivity index (χ1) is 6.15. The van der Waals surface area contributed by atoms with E-state index in [1.165, 1.54) is 4.90 Å². The molecule has 0 spiro atoms. The Kier molecular flexibility index (Phi) is 3.03. The second-order valence-corrected chi connectivity index (χ2v) is 3.27. The van der Waals surface area contributed by atoms with Crippen LogP contribution in [0, 0.1) is 11.3 Å². The van der Waals surface area contributed by atoms with E-state index >= 15 is 0 Å². The number of H-pyrrole nitrogens is 1. The van der Waals surface area contributed by atoms with Crippen molar-refractivity contribution in [2.45, 2.75) is 0 Å². The summed E-state index contributed by atoms with van der Waals surface area (Å²) >= 11 is 3.13. The molecule has 0 unspecified atom stereocenters. The van der Waals surface area contributed by atoms with Crippen LogP contribution in [0.4, 0.5) is 0 Å². The molecular formula is C7H7BrN4O. The molecule has 0 saturated heterocycles. The zero-order chi connectivity index (χ0) is 9.84. The highest BCUT2D eigenvalue weighted by atomic mass is 79.9. The number of carbonyl (C=O) groups is 1. The predicted molar refractivity (Wildman–Crippen MR) is 48.9 cm³/mol. The van der Waals surface area contributed by atoms with E-state index in [2.05, 4.69) is 26.1 Å². The third kappa shape index (κ3) is 2.29. The lowest BCUT2D eigenvalue weighted by molar-refractivity contribution is 0.0806. The first-order valence-electron chi connectivity index (χ1n) is 3.48. The molecule has 68 valence electrons. The topological polar surface area (TPSA) is 72.8 Å². The van der Waals surface area contributed by atoms with Gasteiger partial charge in [-0.1, -0.05) is 0 Å². The molecule has 0 aliphatic rings. The second-order valence-electron chi connectivity index (χ2n) is 2.42. The quantitative estimate of drug-likeness (QED) is 0.779. The Bertz CT molecular complexity index is 354. The first-order valence-corrected chi connectivity index (χ1v) is 4.27. The van der Waals surface area contributed by atoms with Gasteiger partial charge in [0.05, 0.1) is 6.07 Å². The Morgan fingerprint density at radius 2 is 2.62 bits per heavy atom. The average molecular weight is 243 g/mol. The van der Waals surface area contributed by atoms with Crippen LogP contribution in [-0.2, 0) is 0 Å². The van der Waals surface area contributed by atoms with Crippen LogP contribution in [0.3, 0.4) is 0 Å². The number of hydrogen-bond acceptors (Lipinski definition) is 3. The van der Waals surface area contributed by atoms with Crippen molar-refractivity contribution < 1.29 is 4.79 Å². The predicted octanol–water partition coefficient (Wildman–Crippen LogP) is 0.768. The zero-order valence-corrected chi connectivity index (χ0v) is 8.50. The maximum absolute atomic E-state index is 11.4. The van der Waals surface area contributed by atoms with Crippen molar-refractivity contribution in [3.8, 4) is 6.07 Å². The number of carbonyl (C=O) groups excluding carboxylic acids is 1. The minimum atomic E-state index is -0.275. The van der Waals surface area contributed by atoms with Gasteiger partial charge in [0, 0.05) is 13.1 Å². The Balaban J connectivity index is 2.74. The molecule has 0 aliphatic carbocycles. The van der Waals surface area contributed by atoms with E-state index in [1.54, 1.807) is 13.1 Å². The van der Waals surface area contributed by atoms with Crippen LogP contribution in [0.15, 0.2) is 10.7 Å². The summed E-state index contributed by atoms with van der Waals surface area (Å²) in [4.78, 5) is 12.7.